The van der Waals surface area contributed by atoms with Crippen molar-refractivity contribution in [1.82, 2.24) is 0 Å². The van der Waals surface area contributed by atoms with E-state index >= 15 is 0 Å². The molecule has 2 unspecified atom stereocenters. The Morgan fingerprint density at radius 2 is 1.46 bits per heavy atom. The number of benzene rings is 3. The molecule has 2 fully saturated rings. The van der Waals surface area contributed by atoms with E-state index < -0.39 is 42.3 Å². The Morgan fingerprint density at radius 3 is 2.08 bits per heavy atom. The van der Waals surface area contributed by atoms with Crippen molar-refractivity contribution in [2.45, 2.75) is 55.8 Å². The van der Waals surface area contributed by atoms with Crippen LogP contribution in [0.5, 0.6) is 0 Å². The second kappa shape index (κ2) is 11.5. The Labute approximate surface area is 224 Å². The molecule has 39 heavy (non-hydrogen) atoms. The van der Waals surface area contributed by atoms with E-state index in [2.05, 4.69) is 0 Å². The van der Waals surface area contributed by atoms with Gasteiger partial charge in [0.1, 0.15) is 23.8 Å². The van der Waals surface area contributed by atoms with Crippen molar-refractivity contribution in [3.05, 3.63) is 101 Å². The molecule has 2 saturated heterocycles. The fourth-order valence-electron chi connectivity index (χ4n) is 5.53. The van der Waals surface area contributed by atoms with E-state index in [0.717, 1.165) is 5.56 Å². The topological polar surface area (TPSA) is 110 Å². The molecule has 0 spiro atoms. The number of aliphatic hydroxyl groups is 4. The molecule has 1 amide bonds. The predicted octanol–water partition coefficient (Wildman–Crippen LogP) is 3.73. The second-order valence-electron chi connectivity index (χ2n) is 10.2. The Bertz CT molecular complexity index is 1270. The molecule has 0 aliphatic carbocycles. The first kappa shape index (κ1) is 27.4. The van der Waals surface area contributed by atoms with Gasteiger partial charge in [-0.3, -0.25) is 4.79 Å². The van der Waals surface area contributed by atoms with Gasteiger partial charge in [0.2, 0.25) is 5.91 Å². The molecule has 7 atom stereocenters. The number of hydrogen-bond donors (Lipinski definition) is 4. The number of hydrogen-bond acceptors (Lipinski definition) is 6. The minimum Gasteiger partial charge on any atom is -0.394 e. The van der Waals surface area contributed by atoms with E-state index in [4.69, 9.17) is 4.74 Å². The fourth-order valence-corrected chi connectivity index (χ4v) is 5.53. The zero-order valence-electron chi connectivity index (χ0n) is 21.1. The van der Waals surface area contributed by atoms with Crippen LogP contribution in [-0.2, 0) is 9.53 Å². The Morgan fingerprint density at radius 1 is 0.872 bits per heavy atom. The van der Waals surface area contributed by atoms with Crippen molar-refractivity contribution in [3.8, 4) is 0 Å². The molecule has 2 aliphatic rings. The van der Waals surface area contributed by atoms with Crippen LogP contribution in [0.4, 0.5) is 14.5 Å². The molecule has 3 aromatic carbocycles. The number of carbonyl (C=O) groups is 1. The number of anilines is 1. The molecule has 3 aromatic rings. The van der Waals surface area contributed by atoms with E-state index in [-0.39, 0.29) is 30.8 Å². The van der Waals surface area contributed by atoms with Crippen LogP contribution in [0.1, 0.15) is 54.2 Å². The number of nitrogens with zero attached hydrogens (tertiary/aromatic N) is 1. The van der Waals surface area contributed by atoms with E-state index in [9.17, 15) is 34.0 Å². The van der Waals surface area contributed by atoms with Gasteiger partial charge in [0.25, 0.3) is 0 Å². The van der Waals surface area contributed by atoms with Crippen LogP contribution in [-0.4, -0.2) is 51.3 Å². The summed E-state index contributed by atoms with van der Waals surface area (Å²) in [7, 11) is 0. The first-order valence-electron chi connectivity index (χ1n) is 13.0. The third-order valence-corrected chi connectivity index (χ3v) is 7.69. The lowest BCUT2D eigenvalue weighted by Crippen LogP contribution is -2.55. The molecule has 0 radical (unpaired) electrons. The van der Waals surface area contributed by atoms with Gasteiger partial charge >= 0.3 is 0 Å². The van der Waals surface area contributed by atoms with Crippen LogP contribution >= 0.6 is 0 Å². The van der Waals surface area contributed by atoms with Gasteiger partial charge < -0.3 is 30.1 Å². The summed E-state index contributed by atoms with van der Waals surface area (Å²) in [5.41, 5.74) is 2.58. The van der Waals surface area contributed by atoms with Crippen LogP contribution in [0.15, 0.2) is 72.8 Å². The first-order valence-corrected chi connectivity index (χ1v) is 13.0. The first-order chi connectivity index (χ1) is 18.8. The van der Waals surface area contributed by atoms with Crippen molar-refractivity contribution in [3.63, 3.8) is 0 Å². The van der Waals surface area contributed by atoms with Crippen LogP contribution in [0.3, 0.4) is 0 Å². The Kier molecular flexibility index (Phi) is 8.06. The summed E-state index contributed by atoms with van der Waals surface area (Å²) in [4.78, 5) is 14.7. The van der Waals surface area contributed by atoms with Gasteiger partial charge in [-0.05, 0) is 65.9 Å². The average Bonchev–Trinajstić information content (AvgIpc) is 2.93. The van der Waals surface area contributed by atoms with E-state index in [1.165, 1.54) is 36.4 Å². The summed E-state index contributed by atoms with van der Waals surface area (Å²) in [5, 5.41) is 40.6. The number of aliphatic hydroxyl groups excluding tert-OH is 4. The molecule has 206 valence electrons. The number of ether oxygens (including phenoxy) is 1. The summed E-state index contributed by atoms with van der Waals surface area (Å²) in [5.74, 6) is -1.39. The van der Waals surface area contributed by atoms with Crippen molar-refractivity contribution < 1.29 is 38.7 Å². The van der Waals surface area contributed by atoms with Crippen molar-refractivity contribution >= 4 is 11.6 Å². The molecular weight excluding hydrogens is 508 g/mol. The van der Waals surface area contributed by atoms with Crippen molar-refractivity contribution in [2.75, 3.05) is 11.5 Å². The number of amides is 1. The standard InChI is InChI=1S/C30H31F2NO6/c31-20-7-5-18(6-8-20)28-23(30(38)33(28)22-11-9-21(32)10-12-22)13-14-24(35)17-1-3-19(4-2-17)29-26(37)15-25(36)27(16-34)39-29/h1-12,23-29,34-37H,13-16H2/t23-,24+,25?,26+,27+,28?,29-/m1/s1. The molecule has 0 bridgehead atoms. The van der Waals surface area contributed by atoms with Crippen LogP contribution in [0, 0.1) is 17.6 Å². The van der Waals surface area contributed by atoms with Crippen LogP contribution in [0.25, 0.3) is 0 Å². The van der Waals surface area contributed by atoms with Gasteiger partial charge in [-0.2, -0.15) is 0 Å². The number of carbonyl (C=O) groups excluding carboxylic acids is 1. The lowest BCUT2D eigenvalue weighted by Gasteiger charge is -2.48. The highest BCUT2D eigenvalue weighted by atomic mass is 19.1. The maximum atomic E-state index is 13.6. The SMILES string of the molecule is O=C1[C@H](CC[C@H](O)c2ccc([C@H]3O[C@@H](CO)C(O)C[C@@H]3O)cc2)C(c2ccc(F)cc2)N1c1ccc(F)cc1. The fraction of sp³-hybridized carbons (Fsp3) is 0.367. The minimum atomic E-state index is -0.950. The van der Waals surface area contributed by atoms with Gasteiger partial charge in [-0.1, -0.05) is 36.4 Å². The second-order valence-corrected chi connectivity index (χ2v) is 10.2. The minimum absolute atomic E-state index is 0.0832. The maximum Gasteiger partial charge on any atom is 0.233 e. The summed E-state index contributed by atoms with van der Waals surface area (Å²) < 4.78 is 32.7. The van der Waals surface area contributed by atoms with Gasteiger partial charge in [0.05, 0.1) is 36.9 Å². The monoisotopic (exact) mass is 539 g/mol. The molecule has 4 N–H and O–H groups in total. The van der Waals surface area contributed by atoms with E-state index in [1.54, 1.807) is 41.3 Å². The quantitative estimate of drug-likeness (QED) is 0.325. The summed E-state index contributed by atoms with van der Waals surface area (Å²) in [6, 6.07) is 18.1. The largest absolute Gasteiger partial charge is 0.394 e. The average molecular weight is 540 g/mol. The molecular formula is C30H31F2NO6. The molecule has 0 aromatic heterocycles. The van der Waals surface area contributed by atoms with Gasteiger partial charge in [0, 0.05) is 12.1 Å². The van der Waals surface area contributed by atoms with E-state index in [1.807, 2.05) is 0 Å². The Balaban J connectivity index is 1.27. The smallest absolute Gasteiger partial charge is 0.233 e. The van der Waals surface area contributed by atoms with Crippen molar-refractivity contribution in [1.29, 1.82) is 0 Å². The third kappa shape index (κ3) is 5.59. The lowest BCUT2D eigenvalue weighted by molar-refractivity contribution is -0.181. The zero-order valence-corrected chi connectivity index (χ0v) is 21.1. The van der Waals surface area contributed by atoms with Gasteiger partial charge in [-0.15, -0.1) is 0 Å². The lowest BCUT2D eigenvalue weighted by atomic mass is 9.78. The number of halogens is 2. The van der Waals surface area contributed by atoms with Gasteiger partial charge in [-0.25, -0.2) is 8.78 Å². The number of rotatable bonds is 8. The molecule has 2 aliphatic heterocycles. The highest BCUT2D eigenvalue weighted by Gasteiger charge is 2.48. The van der Waals surface area contributed by atoms with Crippen LogP contribution in [0.2, 0.25) is 0 Å². The van der Waals surface area contributed by atoms with Gasteiger partial charge in [0.15, 0.2) is 0 Å². The summed E-state index contributed by atoms with van der Waals surface area (Å²) >= 11 is 0. The molecule has 5 rings (SSSR count). The molecule has 0 saturated carbocycles. The maximum absolute atomic E-state index is 13.6. The van der Waals surface area contributed by atoms with Crippen molar-refractivity contribution in [2.24, 2.45) is 5.92 Å². The Hall–Kier alpha value is -3.21. The molecule has 2 heterocycles. The molecule has 9 heteroatoms. The molecule has 7 nitrogen and oxygen atoms in total. The van der Waals surface area contributed by atoms with Crippen LogP contribution < -0.4 is 4.90 Å². The van der Waals surface area contributed by atoms with E-state index in [0.29, 0.717) is 29.7 Å². The summed E-state index contributed by atoms with van der Waals surface area (Å²) in [6.07, 6.45) is -3.48. The zero-order chi connectivity index (χ0) is 27.7. The highest BCUT2D eigenvalue weighted by molar-refractivity contribution is 6.03. The summed E-state index contributed by atoms with van der Waals surface area (Å²) in [6.45, 7) is -0.363. The predicted molar refractivity (Wildman–Crippen MR) is 138 cm³/mol. The highest BCUT2D eigenvalue weighted by Crippen LogP contribution is 2.46. The number of β-lactam (4-membered cyclic amide) rings is 1. The normalized spacial score (nSPS) is 27.7. The third-order valence-electron chi connectivity index (χ3n) is 7.69.